The molecule has 2 atom stereocenters. The van der Waals surface area contributed by atoms with Gasteiger partial charge in [0.2, 0.25) is 5.76 Å². The average Bonchev–Trinajstić information content (AvgIpc) is 3.22. The summed E-state index contributed by atoms with van der Waals surface area (Å²) in [5.74, 6) is 0.532. The van der Waals surface area contributed by atoms with Crippen LogP contribution in [0.3, 0.4) is 0 Å². The number of aromatic nitrogens is 1. The van der Waals surface area contributed by atoms with Crippen molar-refractivity contribution in [3.8, 4) is 0 Å². The molecule has 0 radical (unpaired) electrons. The molecule has 0 spiro atoms. The fraction of sp³-hybridized carbons (Fsp3) is 0.444. The number of aliphatic hydroxyl groups excluding tert-OH is 1. The minimum atomic E-state index is -0.631. The van der Waals surface area contributed by atoms with Gasteiger partial charge in [-0.2, -0.15) is 0 Å². The maximum atomic E-state index is 13.5. The van der Waals surface area contributed by atoms with E-state index in [0.29, 0.717) is 29.5 Å². The summed E-state index contributed by atoms with van der Waals surface area (Å²) in [5, 5.41) is 10.0. The topological polar surface area (TPSA) is 66.6 Å². The van der Waals surface area contributed by atoms with Gasteiger partial charge in [0.1, 0.15) is 5.82 Å². The largest absolute Gasteiger partial charge is 0.435 e. The van der Waals surface area contributed by atoms with E-state index < -0.39 is 6.10 Å². The smallest absolute Gasteiger partial charge is 0.292 e. The first-order chi connectivity index (χ1) is 11.5. The Morgan fingerprint density at radius 2 is 2.21 bits per heavy atom. The Kier molecular flexibility index (Phi) is 3.64. The molecule has 1 aliphatic carbocycles. The van der Waals surface area contributed by atoms with Gasteiger partial charge in [-0.25, -0.2) is 9.37 Å². The number of benzene rings is 1. The molecule has 1 aliphatic heterocycles. The van der Waals surface area contributed by atoms with Crippen molar-refractivity contribution in [3.05, 3.63) is 53.0 Å². The normalized spacial score (nSPS) is 23.7. The van der Waals surface area contributed by atoms with Crippen molar-refractivity contribution < 1.29 is 18.7 Å². The summed E-state index contributed by atoms with van der Waals surface area (Å²) in [5.41, 5.74) is 1.25. The second-order valence-electron chi connectivity index (χ2n) is 6.66. The summed E-state index contributed by atoms with van der Waals surface area (Å²) in [6.45, 7) is 1.96. The molecule has 1 amide bonds. The Morgan fingerprint density at radius 3 is 2.92 bits per heavy atom. The van der Waals surface area contributed by atoms with E-state index in [4.69, 9.17) is 4.42 Å². The summed E-state index contributed by atoms with van der Waals surface area (Å²) >= 11 is 0. The van der Waals surface area contributed by atoms with Crippen molar-refractivity contribution in [3.63, 3.8) is 0 Å². The van der Waals surface area contributed by atoms with Crippen molar-refractivity contribution in [2.45, 2.75) is 44.2 Å². The Balaban J connectivity index is 1.64. The van der Waals surface area contributed by atoms with Gasteiger partial charge in [0.05, 0.1) is 17.8 Å². The third-order valence-corrected chi connectivity index (χ3v) is 4.71. The third-order valence-electron chi connectivity index (χ3n) is 4.71. The number of halogens is 1. The first-order valence-electron chi connectivity index (χ1n) is 8.24. The van der Waals surface area contributed by atoms with Gasteiger partial charge < -0.3 is 14.4 Å². The lowest BCUT2D eigenvalue weighted by molar-refractivity contribution is 0.0680. The van der Waals surface area contributed by atoms with Gasteiger partial charge in [-0.15, -0.1) is 0 Å². The third kappa shape index (κ3) is 2.71. The number of nitrogens with zero attached hydrogens (tertiary/aromatic N) is 2. The zero-order chi connectivity index (χ0) is 16.8. The summed E-state index contributed by atoms with van der Waals surface area (Å²) in [6, 6.07) is 5.80. The highest BCUT2D eigenvalue weighted by Crippen LogP contribution is 2.41. The zero-order valence-corrected chi connectivity index (χ0v) is 13.4. The van der Waals surface area contributed by atoms with Crippen LogP contribution in [0.5, 0.6) is 0 Å². The quantitative estimate of drug-likeness (QED) is 0.939. The molecule has 2 fully saturated rings. The number of rotatable bonds is 3. The van der Waals surface area contributed by atoms with E-state index in [2.05, 4.69) is 4.98 Å². The highest BCUT2D eigenvalue weighted by atomic mass is 19.1. The lowest BCUT2D eigenvalue weighted by Crippen LogP contribution is -2.32. The minimum absolute atomic E-state index is 0.207. The molecule has 126 valence electrons. The lowest BCUT2D eigenvalue weighted by atomic mass is 10.0. The average molecular weight is 330 g/mol. The molecule has 5 nitrogen and oxygen atoms in total. The van der Waals surface area contributed by atoms with Gasteiger partial charge in [-0.1, -0.05) is 12.1 Å². The minimum Gasteiger partial charge on any atom is -0.435 e. The maximum absolute atomic E-state index is 13.5. The fourth-order valence-electron chi connectivity index (χ4n) is 3.32. The molecule has 2 aromatic rings. The van der Waals surface area contributed by atoms with Crippen LogP contribution in [0.2, 0.25) is 0 Å². The van der Waals surface area contributed by atoms with Crippen LogP contribution in [0.15, 0.2) is 28.7 Å². The van der Waals surface area contributed by atoms with Crippen LogP contribution in [0.25, 0.3) is 0 Å². The molecule has 0 bridgehead atoms. The van der Waals surface area contributed by atoms with E-state index in [-0.39, 0.29) is 30.1 Å². The Morgan fingerprint density at radius 1 is 1.42 bits per heavy atom. The first-order valence-corrected chi connectivity index (χ1v) is 8.24. The monoisotopic (exact) mass is 330 g/mol. The molecule has 2 heterocycles. The zero-order valence-electron chi connectivity index (χ0n) is 13.4. The van der Waals surface area contributed by atoms with Crippen molar-refractivity contribution in [1.82, 2.24) is 9.88 Å². The second-order valence-corrected chi connectivity index (χ2v) is 6.66. The predicted molar refractivity (Wildman–Crippen MR) is 84.0 cm³/mol. The van der Waals surface area contributed by atoms with Gasteiger partial charge in [-0.05, 0) is 43.9 Å². The number of carbonyl (C=O) groups is 1. The molecular weight excluding hydrogens is 311 g/mol. The summed E-state index contributed by atoms with van der Waals surface area (Å²) in [4.78, 5) is 18.8. The molecule has 1 aromatic heterocycles. The van der Waals surface area contributed by atoms with Crippen LogP contribution in [0.1, 0.15) is 58.9 Å². The Labute approximate surface area is 139 Å². The number of amides is 1. The molecule has 4 rings (SSSR count). The summed E-state index contributed by atoms with van der Waals surface area (Å²) in [7, 11) is 0. The van der Waals surface area contributed by atoms with E-state index in [1.54, 1.807) is 24.0 Å². The highest BCUT2D eigenvalue weighted by molar-refractivity contribution is 5.93. The number of carbonyl (C=O) groups excluding carboxylic acids is 1. The number of hydrogen-bond acceptors (Lipinski definition) is 4. The molecular formula is C18H19FN2O3. The molecule has 6 heteroatoms. The van der Waals surface area contributed by atoms with Crippen molar-refractivity contribution in [1.29, 1.82) is 0 Å². The number of likely N-dealkylation sites (tertiary alicyclic amines) is 1. The Bertz CT molecular complexity index is 784. The molecule has 24 heavy (non-hydrogen) atoms. The summed E-state index contributed by atoms with van der Waals surface area (Å²) < 4.78 is 19.2. The van der Waals surface area contributed by atoms with Crippen LogP contribution in [0.4, 0.5) is 4.39 Å². The van der Waals surface area contributed by atoms with E-state index >= 15 is 0 Å². The van der Waals surface area contributed by atoms with Crippen molar-refractivity contribution in [2.75, 3.05) is 6.54 Å². The maximum Gasteiger partial charge on any atom is 0.292 e. The number of aliphatic hydroxyl groups is 1. The standard InChI is InChI=1S/C18H19FN2O3/c1-10-16(24-17(20-10)11-5-6-11)18(23)21-9-14(22)8-15(21)12-3-2-4-13(19)7-12/h2-4,7,11,14-15,22H,5-6,8-9H2,1H3/t14-,15+/m1/s1. The van der Waals surface area contributed by atoms with Gasteiger partial charge in [0, 0.05) is 12.5 Å². The molecule has 1 saturated carbocycles. The highest BCUT2D eigenvalue weighted by Gasteiger charge is 2.39. The predicted octanol–water partition coefficient (Wildman–Crippen LogP) is 2.95. The number of aryl methyl sites for hydroxylation is 1. The SMILES string of the molecule is Cc1nc(C2CC2)oc1C(=O)N1C[C@H](O)C[C@H]1c1cccc(F)c1. The van der Waals surface area contributed by atoms with Crippen LogP contribution in [0, 0.1) is 12.7 Å². The van der Waals surface area contributed by atoms with Gasteiger partial charge in [0.15, 0.2) is 5.89 Å². The lowest BCUT2D eigenvalue weighted by Gasteiger charge is -2.24. The van der Waals surface area contributed by atoms with Crippen LogP contribution < -0.4 is 0 Å². The molecule has 0 unspecified atom stereocenters. The van der Waals surface area contributed by atoms with Crippen LogP contribution in [-0.4, -0.2) is 33.5 Å². The number of β-amino-alcohol motifs (C(OH)–C–C–N with tert-alkyl or cyclic N) is 1. The van der Waals surface area contributed by atoms with Gasteiger partial charge in [-0.3, -0.25) is 4.79 Å². The molecule has 1 N–H and O–H groups in total. The van der Waals surface area contributed by atoms with Gasteiger partial charge in [0.25, 0.3) is 5.91 Å². The molecule has 2 aliphatic rings. The van der Waals surface area contributed by atoms with Crippen molar-refractivity contribution >= 4 is 5.91 Å². The van der Waals surface area contributed by atoms with Crippen LogP contribution >= 0.6 is 0 Å². The van der Waals surface area contributed by atoms with E-state index in [1.807, 2.05) is 0 Å². The number of oxazole rings is 1. The van der Waals surface area contributed by atoms with Crippen LogP contribution in [-0.2, 0) is 0 Å². The second kappa shape index (κ2) is 5.70. The molecule has 1 saturated heterocycles. The fourth-order valence-corrected chi connectivity index (χ4v) is 3.32. The van der Waals surface area contributed by atoms with Gasteiger partial charge >= 0.3 is 0 Å². The Hall–Kier alpha value is -2.21. The van der Waals surface area contributed by atoms with E-state index in [0.717, 1.165) is 12.8 Å². The first kappa shape index (κ1) is 15.3. The van der Waals surface area contributed by atoms with Crippen molar-refractivity contribution in [2.24, 2.45) is 0 Å². The number of hydrogen-bond donors (Lipinski definition) is 1. The van der Waals surface area contributed by atoms with E-state index in [1.165, 1.54) is 12.1 Å². The summed E-state index contributed by atoms with van der Waals surface area (Å²) in [6.07, 6.45) is 1.84. The molecule has 1 aromatic carbocycles. The van der Waals surface area contributed by atoms with E-state index in [9.17, 15) is 14.3 Å².